The van der Waals surface area contributed by atoms with Crippen LogP contribution in [0.3, 0.4) is 0 Å². The Morgan fingerprint density at radius 2 is 0.735 bits per heavy atom. The maximum atomic E-state index is 5.18. The smallest absolute Gasteiger partial charge is 0.118 e. The summed E-state index contributed by atoms with van der Waals surface area (Å²) in [4.78, 5) is 0. The van der Waals surface area contributed by atoms with E-state index in [1.807, 2.05) is 43.3 Å². The van der Waals surface area contributed by atoms with E-state index < -0.39 is 0 Å². The van der Waals surface area contributed by atoms with Gasteiger partial charge in [0.1, 0.15) is 11.5 Å². The van der Waals surface area contributed by atoms with Crippen LogP contribution in [0.2, 0.25) is 0 Å². The third-order valence-corrected chi connectivity index (χ3v) is 5.55. The summed E-state index contributed by atoms with van der Waals surface area (Å²) < 4.78 is 10.4. The molecule has 2 heteroatoms. The quantitative estimate of drug-likeness (QED) is 0.295. The number of ether oxygens (including phenoxy) is 2. The van der Waals surface area contributed by atoms with Crippen LogP contribution in [0.25, 0.3) is 11.1 Å². The summed E-state index contributed by atoms with van der Waals surface area (Å²) >= 11 is 0. The summed E-state index contributed by atoms with van der Waals surface area (Å²) in [5, 5.41) is 0. The van der Waals surface area contributed by atoms with Crippen LogP contribution < -0.4 is 9.47 Å². The van der Waals surface area contributed by atoms with Gasteiger partial charge in [0.05, 0.1) is 14.2 Å². The molecule has 4 aromatic rings. The monoisotopic (exact) mass is 448 g/mol. The van der Waals surface area contributed by atoms with E-state index in [1.54, 1.807) is 14.2 Å². The molecule has 0 unspecified atom stereocenters. The van der Waals surface area contributed by atoms with Gasteiger partial charge in [0.25, 0.3) is 0 Å². The van der Waals surface area contributed by atoms with E-state index in [2.05, 4.69) is 91.9 Å². The van der Waals surface area contributed by atoms with Crippen LogP contribution in [0.1, 0.15) is 36.1 Å². The third kappa shape index (κ3) is 6.49. The minimum absolute atomic E-state index is 0.869. The first-order valence-electron chi connectivity index (χ1n) is 11.4. The molecule has 0 saturated carbocycles. The standard InChI is InChI=1S/C17H18O2.C15H14/c1-4-17(13-5-9-15(18-2)10-6-13)14-7-11-16(19-3)12-8-14;1-2-15(13-9-5-3-6-10-13)14-11-7-4-8-12-14/h4-12H,1-3H3;2-12H,1H3. The van der Waals surface area contributed by atoms with Crippen molar-refractivity contribution in [2.24, 2.45) is 0 Å². The van der Waals surface area contributed by atoms with E-state index in [4.69, 9.17) is 9.47 Å². The van der Waals surface area contributed by atoms with Gasteiger partial charge in [-0.15, -0.1) is 0 Å². The normalized spacial score (nSPS) is 9.76. The molecule has 2 nitrogen and oxygen atoms in total. The maximum absolute atomic E-state index is 5.18. The number of hydrogen-bond donors (Lipinski definition) is 0. The van der Waals surface area contributed by atoms with Gasteiger partial charge in [0.15, 0.2) is 0 Å². The van der Waals surface area contributed by atoms with Crippen molar-refractivity contribution in [3.05, 3.63) is 144 Å². The van der Waals surface area contributed by atoms with Crippen molar-refractivity contribution in [1.82, 2.24) is 0 Å². The average molecular weight is 449 g/mol. The van der Waals surface area contributed by atoms with Gasteiger partial charge < -0.3 is 9.47 Å². The Kier molecular flexibility index (Phi) is 9.30. The molecule has 0 fully saturated rings. The van der Waals surface area contributed by atoms with Crippen LogP contribution >= 0.6 is 0 Å². The maximum Gasteiger partial charge on any atom is 0.118 e. The second kappa shape index (κ2) is 12.9. The van der Waals surface area contributed by atoms with Gasteiger partial charge in [-0.1, -0.05) is 97.1 Å². The van der Waals surface area contributed by atoms with Crippen molar-refractivity contribution in [3.63, 3.8) is 0 Å². The molecule has 4 aromatic carbocycles. The lowest BCUT2D eigenvalue weighted by Crippen LogP contribution is -1.89. The Labute approximate surface area is 203 Å². The molecular formula is C32H32O2. The molecule has 0 heterocycles. The molecule has 0 saturated heterocycles. The highest BCUT2D eigenvalue weighted by Crippen LogP contribution is 2.26. The van der Waals surface area contributed by atoms with Crippen molar-refractivity contribution < 1.29 is 9.47 Å². The van der Waals surface area contributed by atoms with Gasteiger partial charge in [0, 0.05) is 0 Å². The first-order chi connectivity index (χ1) is 16.7. The highest BCUT2D eigenvalue weighted by atomic mass is 16.5. The Bertz CT molecular complexity index is 1100. The summed E-state index contributed by atoms with van der Waals surface area (Å²) in [6, 6.07) is 37.1. The van der Waals surface area contributed by atoms with Gasteiger partial charge in [-0.3, -0.25) is 0 Å². The minimum Gasteiger partial charge on any atom is -0.497 e. The van der Waals surface area contributed by atoms with Crippen LogP contribution in [0, 0.1) is 0 Å². The molecule has 0 atom stereocenters. The number of hydrogen-bond acceptors (Lipinski definition) is 2. The lowest BCUT2D eigenvalue weighted by molar-refractivity contribution is 0.414. The first-order valence-corrected chi connectivity index (χ1v) is 11.4. The first kappa shape index (κ1) is 24.6. The van der Waals surface area contributed by atoms with E-state index in [0.29, 0.717) is 0 Å². The number of methoxy groups -OCH3 is 2. The Hall–Kier alpha value is -4.04. The predicted molar refractivity (Wildman–Crippen MR) is 144 cm³/mol. The second-order valence-electron chi connectivity index (χ2n) is 7.59. The van der Waals surface area contributed by atoms with Gasteiger partial charge in [-0.25, -0.2) is 0 Å². The van der Waals surface area contributed by atoms with Crippen LogP contribution in [0.4, 0.5) is 0 Å². The topological polar surface area (TPSA) is 18.5 Å². The predicted octanol–water partition coefficient (Wildman–Crippen LogP) is 8.29. The molecule has 0 amide bonds. The number of allylic oxidation sites excluding steroid dienone is 2. The van der Waals surface area contributed by atoms with Crippen LogP contribution in [0.15, 0.2) is 121 Å². The number of rotatable bonds is 6. The fourth-order valence-electron chi connectivity index (χ4n) is 3.78. The molecule has 0 radical (unpaired) electrons. The minimum atomic E-state index is 0.869. The van der Waals surface area contributed by atoms with Crippen LogP contribution in [0.5, 0.6) is 11.5 Å². The largest absolute Gasteiger partial charge is 0.497 e. The average Bonchev–Trinajstić information content (AvgIpc) is 2.92. The van der Waals surface area contributed by atoms with Gasteiger partial charge in [-0.05, 0) is 71.5 Å². The summed E-state index contributed by atoms with van der Waals surface area (Å²) in [6.45, 7) is 4.12. The molecule has 0 N–H and O–H groups in total. The third-order valence-electron chi connectivity index (χ3n) is 5.55. The Balaban J connectivity index is 0.000000196. The van der Waals surface area contributed by atoms with Gasteiger partial charge >= 0.3 is 0 Å². The molecular weight excluding hydrogens is 416 g/mol. The lowest BCUT2D eigenvalue weighted by atomic mass is 9.98. The van der Waals surface area contributed by atoms with Crippen molar-refractivity contribution in [3.8, 4) is 11.5 Å². The van der Waals surface area contributed by atoms with Crippen LogP contribution in [-0.2, 0) is 0 Å². The lowest BCUT2D eigenvalue weighted by Gasteiger charge is -2.09. The zero-order chi connectivity index (χ0) is 24.2. The highest BCUT2D eigenvalue weighted by molar-refractivity contribution is 5.80. The van der Waals surface area contributed by atoms with Gasteiger partial charge in [0.2, 0.25) is 0 Å². The molecule has 172 valence electrons. The SMILES string of the molecule is CC=C(c1ccc(OC)cc1)c1ccc(OC)cc1.CC=C(c1ccccc1)c1ccccc1. The van der Waals surface area contributed by atoms with Gasteiger partial charge in [-0.2, -0.15) is 0 Å². The van der Waals surface area contributed by atoms with Crippen molar-refractivity contribution in [2.75, 3.05) is 14.2 Å². The number of benzene rings is 4. The summed E-state index contributed by atoms with van der Waals surface area (Å²) in [6.07, 6.45) is 4.27. The van der Waals surface area contributed by atoms with E-state index >= 15 is 0 Å². The van der Waals surface area contributed by atoms with Crippen molar-refractivity contribution >= 4 is 11.1 Å². The molecule has 0 aliphatic heterocycles. The van der Waals surface area contributed by atoms with E-state index in [9.17, 15) is 0 Å². The molecule has 0 bridgehead atoms. The molecule has 0 spiro atoms. The van der Waals surface area contributed by atoms with Crippen molar-refractivity contribution in [1.29, 1.82) is 0 Å². The van der Waals surface area contributed by atoms with E-state index in [1.165, 1.54) is 33.4 Å². The van der Waals surface area contributed by atoms with Crippen molar-refractivity contribution in [2.45, 2.75) is 13.8 Å². The molecule has 0 aliphatic rings. The molecule has 0 aliphatic carbocycles. The summed E-state index contributed by atoms with van der Waals surface area (Å²) in [7, 11) is 3.35. The fourth-order valence-corrected chi connectivity index (χ4v) is 3.78. The summed E-state index contributed by atoms with van der Waals surface area (Å²) in [5.74, 6) is 1.74. The van der Waals surface area contributed by atoms with E-state index in [-0.39, 0.29) is 0 Å². The molecule has 4 rings (SSSR count). The fraction of sp³-hybridized carbons (Fsp3) is 0.125. The Morgan fingerprint density at radius 1 is 0.441 bits per heavy atom. The Morgan fingerprint density at radius 3 is 1.00 bits per heavy atom. The summed E-state index contributed by atoms with van der Waals surface area (Å²) in [5.41, 5.74) is 7.38. The second-order valence-corrected chi connectivity index (χ2v) is 7.59. The van der Waals surface area contributed by atoms with E-state index in [0.717, 1.165) is 11.5 Å². The zero-order valence-electron chi connectivity index (χ0n) is 20.4. The molecule has 34 heavy (non-hydrogen) atoms. The van der Waals surface area contributed by atoms with Crippen LogP contribution in [-0.4, -0.2) is 14.2 Å². The highest BCUT2D eigenvalue weighted by Gasteiger charge is 2.05. The zero-order valence-corrected chi connectivity index (χ0v) is 20.4. The molecule has 0 aromatic heterocycles.